The number of aryl methyl sites for hydroxylation is 1. The van der Waals surface area contributed by atoms with Crippen LogP contribution in [0.1, 0.15) is 26.5 Å². The Kier molecular flexibility index (Phi) is 4.04. The third-order valence-electron chi connectivity index (χ3n) is 3.11. The molecule has 0 aliphatic carbocycles. The van der Waals surface area contributed by atoms with E-state index in [1.807, 2.05) is 25.4 Å². The first-order valence-electron chi connectivity index (χ1n) is 6.76. The molecule has 2 aromatic heterocycles. The van der Waals surface area contributed by atoms with Crippen LogP contribution < -0.4 is 10.9 Å². The first-order valence-corrected chi connectivity index (χ1v) is 6.76. The highest BCUT2D eigenvalue weighted by molar-refractivity contribution is 5.44. The number of fused-ring (bicyclic) bond motifs is 1. The fourth-order valence-corrected chi connectivity index (χ4v) is 2.13. The Labute approximate surface area is 113 Å². The summed E-state index contributed by atoms with van der Waals surface area (Å²) >= 11 is 0. The largest absolute Gasteiger partial charge is 0.314 e. The van der Waals surface area contributed by atoms with Gasteiger partial charge in [0.2, 0.25) is 0 Å². The number of nitrogens with one attached hydrogen (secondary N) is 1. The van der Waals surface area contributed by atoms with Gasteiger partial charge in [-0.05, 0) is 25.5 Å². The van der Waals surface area contributed by atoms with Crippen molar-refractivity contribution in [2.75, 3.05) is 6.54 Å². The molecule has 0 fully saturated rings. The second-order valence-electron chi connectivity index (χ2n) is 5.54. The minimum Gasteiger partial charge on any atom is -0.314 e. The van der Waals surface area contributed by atoms with Gasteiger partial charge in [-0.3, -0.25) is 4.79 Å². The third-order valence-corrected chi connectivity index (χ3v) is 3.11. The molecule has 0 saturated heterocycles. The van der Waals surface area contributed by atoms with Gasteiger partial charge in [0.25, 0.3) is 5.56 Å². The average molecular weight is 262 g/mol. The van der Waals surface area contributed by atoms with E-state index in [4.69, 9.17) is 0 Å². The van der Waals surface area contributed by atoms with Crippen molar-refractivity contribution in [2.24, 2.45) is 5.92 Å². The maximum atomic E-state index is 12.3. The molecular weight excluding hydrogens is 240 g/mol. The van der Waals surface area contributed by atoms with Gasteiger partial charge in [0.05, 0.1) is 5.69 Å². The number of hydrogen-bond acceptors (Lipinski definition) is 3. The summed E-state index contributed by atoms with van der Waals surface area (Å²) in [6.07, 6.45) is 3.65. The molecule has 1 N–H and O–H groups in total. The maximum absolute atomic E-state index is 12.3. The second-order valence-corrected chi connectivity index (χ2v) is 5.54. The minimum absolute atomic E-state index is 0.0273. The molecule has 1 unspecified atom stereocenters. The van der Waals surface area contributed by atoms with Gasteiger partial charge in [-0.15, -0.1) is 0 Å². The molecule has 2 heterocycles. The van der Waals surface area contributed by atoms with Crippen molar-refractivity contribution < 1.29 is 0 Å². The fraction of sp³-hybridized carbons (Fsp3) is 0.571. The lowest BCUT2D eigenvalue weighted by Gasteiger charge is -2.16. The summed E-state index contributed by atoms with van der Waals surface area (Å²) in [5, 5.41) is 7.64. The average Bonchev–Trinajstić information content (AvgIpc) is 2.72. The van der Waals surface area contributed by atoms with E-state index in [0.29, 0.717) is 17.5 Å². The van der Waals surface area contributed by atoms with Crippen molar-refractivity contribution >= 4 is 5.52 Å². The van der Waals surface area contributed by atoms with E-state index in [0.717, 1.165) is 18.8 Å². The standard InChI is InChI=1S/C14H22N4O/c1-10(2)15-8-11(3)9-17-5-6-18-13(14(17)19)7-12(4)16-18/h5-7,10-11,15H,8-9H2,1-4H3. The van der Waals surface area contributed by atoms with Crippen molar-refractivity contribution in [1.29, 1.82) is 0 Å². The van der Waals surface area contributed by atoms with Gasteiger partial charge in [0.15, 0.2) is 0 Å². The predicted octanol–water partition coefficient (Wildman–Crippen LogP) is 1.44. The smallest absolute Gasteiger partial charge is 0.276 e. The van der Waals surface area contributed by atoms with E-state index in [1.165, 1.54) is 0 Å². The Balaban J connectivity index is 2.16. The molecule has 2 rings (SSSR count). The van der Waals surface area contributed by atoms with Gasteiger partial charge in [0, 0.05) is 25.0 Å². The molecule has 0 aliphatic heterocycles. The van der Waals surface area contributed by atoms with Crippen molar-refractivity contribution in [3.63, 3.8) is 0 Å². The zero-order valence-corrected chi connectivity index (χ0v) is 12.1. The molecule has 5 heteroatoms. The Hall–Kier alpha value is -1.62. The third kappa shape index (κ3) is 3.23. The topological polar surface area (TPSA) is 51.3 Å². The molecule has 2 aromatic rings. The molecule has 104 valence electrons. The molecular formula is C14H22N4O. The number of rotatable bonds is 5. The van der Waals surface area contributed by atoms with Crippen molar-refractivity contribution in [3.05, 3.63) is 34.5 Å². The van der Waals surface area contributed by atoms with Gasteiger partial charge in [-0.25, -0.2) is 4.52 Å². The van der Waals surface area contributed by atoms with Crippen LogP contribution in [-0.2, 0) is 6.54 Å². The SMILES string of the molecule is Cc1cc2c(=O)n(CC(C)CNC(C)C)ccn2n1. The Bertz CT molecular complexity index is 611. The summed E-state index contributed by atoms with van der Waals surface area (Å²) in [4.78, 5) is 12.3. The lowest BCUT2D eigenvalue weighted by Crippen LogP contribution is -2.32. The molecule has 5 nitrogen and oxygen atoms in total. The molecule has 0 spiro atoms. The van der Waals surface area contributed by atoms with Crippen LogP contribution in [0.2, 0.25) is 0 Å². The van der Waals surface area contributed by atoms with Gasteiger partial charge < -0.3 is 9.88 Å². The van der Waals surface area contributed by atoms with Crippen LogP contribution >= 0.6 is 0 Å². The van der Waals surface area contributed by atoms with E-state index in [9.17, 15) is 4.79 Å². The van der Waals surface area contributed by atoms with Crippen LogP contribution in [0, 0.1) is 12.8 Å². The highest BCUT2D eigenvalue weighted by atomic mass is 16.1. The number of hydrogen-bond donors (Lipinski definition) is 1. The molecule has 0 bridgehead atoms. The monoisotopic (exact) mass is 262 g/mol. The molecule has 0 saturated carbocycles. The summed E-state index contributed by atoms with van der Waals surface area (Å²) in [5.74, 6) is 0.409. The molecule has 0 amide bonds. The second kappa shape index (κ2) is 5.57. The highest BCUT2D eigenvalue weighted by Gasteiger charge is 2.09. The lowest BCUT2D eigenvalue weighted by molar-refractivity contribution is 0.420. The summed E-state index contributed by atoms with van der Waals surface area (Å²) < 4.78 is 3.41. The first kappa shape index (κ1) is 13.8. The van der Waals surface area contributed by atoms with E-state index in [-0.39, 0.29) is 5.56 Å². The van der Waals surface area contributed by atoms with Crippen molar-refractivity contribution in [2.45, 2.75) is 40.3 Å². The number of aromatic nitrogens is 3. The Morgan fingerprint density at radius 2 is 2.05 bits per heavy atom. The highest BCUT2D eigenvalue weighted by Crippen LogP contribution is 2.02. The van der Waals surface area contributed by atoms with Crippen LogP contribution in [0.5, 0.6) is 0 Å². The minimum atomic E-state index is 0.0273. The van der Waals surface area contributed by atoms with Crippen molar-refractivity contribution in [1.82, 2.24) is 19.5 Å². The molecule has 19 heavy (non-hydrogen) atoms. The van der Waals surface area contributed by atoms with Gasteiger partial charge >= 0.3 is 0 Å². The Morgan fingerprint density at radius 3 is 2.74 bits per heavy atom. The lowest BCUT2D eigenvalue weighted by atomic mass is 10.1. The van der Waals surface area contributed by atoms with E-state index in [1.54, 1.807) is 9.08 Å². The molecule has 0 aliphatic rings. The van der Waals surface area contributed by atoms with Crippen LogP contribution in [-0.4, -0.2) is 26.8 Å². The fourth-order valence-electron chi connectivity index (χ4n) is 2.13. The van der Waals surface area contributed by atoms with Crippen LogP contribution in [0.25, 0.3) is 5.52 Å². The van der Waals surface area contributed by atoms with Crippen LogP contribution in [0.3, 0.4) is 0 Å². The summed E-state index contributed by atoms with van der Waals surface area (Å²) in [6.45, 7) is 9.92. The predicted molar refractivity (Wildman–Crippen MR) is 76.5 cm³/mol. The summed E-state index contributed by atoms with van der Waals surface area (Å²) in [6, 6.07) is 2.30. The van der Waals surface area contributed by atoms with E-state index >= 15 is 0 Å². The van der Waals surface area contributed by atoms with Crippen molar-refractivity contribution in [3.8, 4) is 0 Å². The van der Waals surface area contributed by atoms with Gasteiger partial charge in [-0.2, -0.15) is 5.10 Å². The zero-order valence-electron chi connectivity index (χ0n) is 12.1. The summed E-state index contributed by atoms with van der Waals surface area (Å²) in [7, 11) is 0. The normalized spacial score (nSPS) is 13.3. The van der Waals surface area contributed by atoms with E-state index < -0.39 is 0 Å². The maximum Gasteiger partial charge on any atom is 0.276 e. The first-order chi connectivity index (χ1) is 8.97. The number of nitrogens with zero attached hydrogens (tertiary/aromatic N) is 3. The zero-order chi connectivity index (χ0) is 14.0. The summed E-state index contributed by atoms with van der Waals surface area (Å²) in [5.41, 5.74) is 1.54. The quantitative estimate of drug-likeness (QED) is 0.887. The Morgan fingerprint density at radius 1 is 1.32 bits per heavy atom. The molecule has 0 radical (unpaired) electrons. The van der Waals surface area contributed by atoms with Gasteiger partial charge in [-0.1, -0.05) is 20.8 Å². The van der Waals surface area contributed by atoms with Crippen LogP contribution in [0.4, 0.5) is 0 Å². The molecule has 1 atom stereocenters. The van der Waals surface area contributed by atoms with Gasteiger partial charge in [0.1, 0.15) is 5.52 Å². The van der Waals surface area contributed by atoms with E-state index in [2.05, 4.69) is 31.2 Å². The molecule has 0 aromatic carbocycles. The van der Waals surface area contributed by atoms with Crippen LogP contribution in [0.15, 0.2) is 23.3 Å².